The van der Waals surface area contributed by atoms with Gasteiger partial charge in [0, 0.05) is 36.6 Å². The molecule has 7 heteroatoms. The average molecular weight is 459 g/mol. The summed E-state index contributed by atoms with van der Waals surface area (Å²) < 4.78 is 10.5. The lowest BCUT2D eigenvalue weighted by Gasteiger charge is -2.29. The fourth-order valence-corrected chi connectivity index (χ4v) is 3.99. The Hall–Kier alpha value is -3.71. The standard InChI is InChI=1S/C27H30N4O3/c1-4-34-25(32)9-8-21-6-5-7-22(17-21)24-18-28-27(29-23-15-19(2)14-20(3)16-23)30-26(24)31-10-12-33-13-11-31/h5-9,14-18H,4,10-13H2,1-3H3,(H,28,29,30). The van der Waals surface area contributed by atoms with E-state index in [-0.39, 0.29) is 5.97 Å². The maximum atomic E-state index is 11.7. The minimum Gasteiger partial charge on any atom is -0.463 e. The molecule has 34 heavy (non-hydrogen) atoms. The van der Waals surface area contributed by atoms with Crippen LogP contribution >= 0.6 is 0 Å². The summed E-state index contributed by atoms with van der Waals surface area (Å²) in [7, 11) is 0. The molecule has 176 valence electrons. The van der Waals surface area contributed by atoms with E-state index in [0.717, 1.165) is 41.3 Å². The molecule has 0 bridgehead atoms. The van der Waals surface area contributed by atoms with Gasteiger partial charge >= 0.3 is 5.97 Å². The van der Waals surface area contributed by atoms with Crippen LogP contribution in [0.25, 0.3) is 17.2 Å². The number of hydrogen-bond acceptors (Lipinski definition) is 7. The highest BCUT2D eigenvalue weighted by Crippen LogP contribution is 2.31. The molecular formula is C27H30N4O3. The van der Waals surface area contributed by atoms with Gasteiger partial charge in [-0.15, -0.1) is 0 Å². The summed E-state index contributed by atoms with van der Waals surface area (Å²) >= 11 is 0. The molecule has 7 nitrogen and oxygen atoms in total. The quantitative estimate of drug-likeness (QED) is 0.398. The van der Waals surface area contributed by atoms with Gasteiger partial charge in [0.25, 0.3) is 0 Å². The van der Waals surface area contributed by atoms with Crippen LogP contribution in [0.2, 0.25) is 0 Å². The van der Waals surface area contributed by atoms with Gasteiger partial charge in [-0.3, -0.25) is 0 Å². The van der Waals surface area contributed by atoms with E-state index in [4.69, 9.17) is 14.5 Å². The van der Waals surface area contributed by atoms with Gasteiger partial charge in [-0.1, -0.05) is 24.3 Å². The molecule has 1 aliphatic heterocycles. The number of aromatic nitrogens is 2. The predicted octanol–water partition coefficient (Wildman–Crippen LogP) is 4.92. The molecule has 0 amide bonds. The molecule has 0 atom stereocenters. The third kappa shape index (κ3) is 5.99. The van der Waals surface area contributed by atoms with E-state index in [1.807, 2.05) is 30.5 Å². The van der Waals surface area contributed by atoms with Crippen LogP contribution in [0.1, 0.15) is 23.6 Å². The van der Waals surface area contributed by atoms with Crippen molar-refractivity contribution >= 4 is 29.5 Å². The van der Waals surface area contributed by atoms with E-state index in [9.17, 15) is 4.79 Å². The summed E-state index contributed by atoms with van der Waals surface area (Å²) in [5, 5.41) is 3.36. The summed E-state index contributed by atoms with van der Waals surface area (Å²) in [5.74, 6) is 1.05. The first-order valence-electron chi connectivity index (χ1n) is 11.5. The van der Waals surface area contributed by atoms with Crippen molar-refractivity contribution in [2.45, 2.75) is 20.8 Å². The van der Waals surface area contributed by atoms with Crippen LogP contribution in [-0.4, -0.2) is 48.8 Å². The molecule has 1 aromatic heterocycles. The number of aryl methyl sites for hydroxylation is 2. The number of carbonyl (C=O) groups is 1. The summed E-state index contributed by atoms with van der Waals surface area (Å²) in [6, 6.07) is 14.3. The number of nitrogens with zero attached hydrogens (tertiary/aromatic N) is 3. The molecular weight excluding hydrogens is 428 g/mol. The van der Waals surface area contributed by atoms with Gasteiger partial charge in [-0.25, -0.2) is 9.78 Å². The smallest absolute Gasteiger partial charge is 0.330 e. The van der Waals surface area contributed by atoms with Gasteiger partial charge < -0.3 is 19.7 Å². The number of carbonyl (C=O) groups excluding carboxylic acids is 1. The fourth-order valence-electron chi connectivity index (χ4n) is 3.99. The highest BCUT2D eigenvalue weighted by Gasteiger charge is 2.19. The van der Waals surface area contributed by atoms with Crippen molar-refractivity contribution < 1.29 is 14.3 Å². The molecule has 1 N–H and O–H groups in total. The zero-order chi connectivity index (χ0) is 23.9. The second-order valence-electron chi connectivity index (χ2n) is 8.24. The SMILES string of the molecule is CCOC(=O)C=Cc1cccc(-c2cnc(Nc3cc(C)cc(C)c3)nc2N2CCOCC2)c1. The Kier molecular flexibility index (Phi) is 7.54. The summed E-state index contributed by atoms with van der Waals surface area (Å²) in [5.41, 5.74) is 6.13. The molecule has 1 saturated heterocycles. The first kappa shape index (κ1) is 23.4. The van der Waals surface area contributed by atoms with E-state index in [0.29, 0.717) is 25.8 Å². The van der Waals surface area contributed by atoms with Crippen LogP contribution in [0.3, 0.4) is 0 Å². The highest BCUT2D eigenvalue weighted by atomic mass is 16.5. The van der Waals surface area contributed by atoms with Crippen molar-refractivity contribution in [3.8, 4) is 11.1 Å². The largest absolute Gasteiger partial charge is 0.463 e. The molecule has 2 heterocycles. The summed E-state index contributed by atoms with van der Waals surface area (Å²) in [6.07, 6.45) is 5.06. The molecule has 0 radical (unpaired) electrons. The predicted molar refractivity (Wildman–Crippen MR) is 135 cm³/mol. The number of esters is 1. The van der Waals surface area contributed by atoms with Crippen LogP contribution in [0.5, 0.6) is 0 Å². The van der Waals surface area contributed by atoms with E-state index >= 15 is 0 Å². The lowest BCUT2D eigenvalue weighted by atomic mass is 10.0. The second kappa shape index (κ2) is 10.9. The van der Waals surface area contributed by atoms with Gasteiger partial charge in [0.1, 0.15) is 5.82 Å². The molecule has 1 fully saturated rings. The number of hydrogen-bond donors (Lipinski definition) is 1. The zero-order valence-corrected chi connectivity index (χ0v) is 19.9. The van der Waals surface area contributed by atoms with Crippen LogP contribution in [0.4, 0.5) is 17.5 Å². The van der Waals surface area contributed by atoms with Crippen LogP contribution < -0.4 is 10.2 Å². The fraction of sp³-hybridized carbons (Fsp3) is 0.296. The monoisotopic (exact) mass is 458 g/mol. The molecule has 0 unspecified atom stereocenters. The van der Waals surface area contributed by atoms with Crippen molar-refractivity contribution in [1.82, 2.24) is 9.97 Å². The molecule has 2 aromatic carbocycles. The van der Waals surface area contributed by atoms with E-state index in [1.165, 1.54) is 17.2 Å². The Morgan fingerprint density at radius 3 is 2.65 bits per heavy atom. The minimum absolute atomic E-state index is 0.353. The van der Waals surface area contributed by atoms with Gasteiger partial charge in [0.15, 0.2) is 0 Å². The maximum absolute atomic E-state index is 11.7. The Morgan fingerprint density at radius 1 is 1.15 bits per heavy atom. The van der Waals surface area contributed by atoms with Crippen LogP contribution in [0, 0.1) is 13.8 Å². The van der Waals surface area contributed by atoms with E-state index in [2.05, 4.69) is 47.2 Å². The normalized spacial score (nSPS) is 13.8. The maximum Gasteiger partial charge on any atom is 0.330 e. The first-order valence-corrected chi connectivity index (χ1v) is 11.5. The zero-order valence-electron chi connectivity index (χ0n) is 19.9. The molecule has 0 spiro atoms. The topological polar surface area (TPSA) is 76.6 Å². The van der Waals surface area contributed by atoms with Gasteiger partial charge in [-0.05, 0) is 67.3 Å². The van der Waals surface area contributed by atoms with Crippen molar-refractivity contribution in [2.24, 2.45) is 0 Å². The number of anilines is 3. The second-order valence-corrected chi connectivity index (χ2v) is 8.24. The lowest BCUT2D eigenvalue weighted by Crippen LogP contribution is -2.37. The molecule has 0 saturated carbocycles. The highest BCUT2D eigenvalue weighted by molar-refractivity contribution is 5.87. The third-order valence-corrected chi connectivity index (χ3v) is 5.45. The third-order valence-electron chi connectivity index (χ3n) is 5.45. The summed E-state index contributed by atoms with van der Waals surface area (Å²) in [4.78, 5) is 23.5. The number of benzene rings is 2. The van der Waals surface area contributed by atoms with Crippen molar-refractivity contribution in [3.63, 3.8) is 0 Å². The molecule has 0 aliphatic carbocycles. The number of morpholine rings is 1. The van der Waals surface area contributed by atoms with Gasteiger partial charge in [0.2, 0.25) is 5.95 Å². The van der Waals surface area contributed by atoms with Crippen LogP contribution in [0.15, 0.2) is 54.7 Å². The Balaban J connectivity index is 1.68. The Labute approximate surface area is 200 Å². The minimum atomic E-state index is -0.355. The van der Waals surface area contributed by atoms with Crippen molar-refractivity contribution in [2.75, 3.05) is 43.1 Å². The first-order chi connectivity index (χ1) is 16.5. The van der Waals surface area contributed by atoms with E-state index < -0.39 is 0 Å². The van der Waals surface area contributed by atoms with Gasteiger partial charge in [-0.2, -0.15) is 4.98 Å². The Bertz CT molecular complexity index is 1170. The van der Waals surface area contributed by atoms with E-state index in [1.54, 1.807) is 13.0 Å². The Morgan fingerprint density at radius 2 is 1.91 bits per heavy atom. The number of nitrogens with one attached hydrogen (secondary N) is 1. The lowest BCUT2D eigenvalue weighted by molar-refractivity contribution is -0.137. The average Bonchev–Trinajstić information content (AvgIpc) is 2.83. The molecule has 4 rings (SSSR count). The summed E-state index contributed by atoms with van der Waals surface area (Å²) in [6.45, 7) is 9.13. The molecule has 3 aromatic rings. The van der Waals surface area contributed by atoms with Crippen LogP contribution in [-0.2, 0) is 14.3 Å². The van der Waals surface area contributed by atoms with Gasteiger partial charge in [0.05, 0.1) is 19.8 Å². The molecule has 1 aliphatic rings. The number of rotatable bonds is 7. The van der Waals surface area contributed by atoms with Crippen molar-refractivity contribution in [3.05, 3.63) is 71.4 Å². The van der Waals surface area contributed by atoms with Crippen molar-refractivity contribution in [1.29, 1.82) is 0 Å². The number of ether oxygens (including phenoxy) is 2.